The Morgan fingerprint density at radius 3 is 2.56 bits per heavy atom. The molecule has 2 fully saturated rings. The molecule has 5 rings (SSSR count). The van der Waals surface area contributed by atoms with Gasteiger partial charge in [-0.3, -0.25) is 19.5 Å². The Morgan fingerprint density at radius 2 is 1.86 bits per heavy atom. The summed E-state index contributed by atoms with van der Waals surface area (Å²) in [6.07, 6.45) is 3.55. The van der Waals surface area contributed by atoms with Crippen LogP contribution in [0.15, 0.2) is 73.1 Å². The summed E-state index contributed by atoms with van der Waals surface area (Å²) in [4.78, 5) is 32.0. The number of carbonyl (C=O) groups excluding carboxylic acids is 2. The van der Waals surface area contributed by atoms with Crippen molar-refractivity contribution in [1.82, 2.24) is 9.88 Å². The van der Waals surface area contributed by atoms with Gasteiger partial charge in [-0.2, -0.15) is 0 Å². The Morgan fingerprint density at radius 1 is 1.07 bits per heavy atom. The molecule has 0 aliphatic carbocycles. The van der Waals surface area contributed by atoms with Crippen molar-refractivity contribution in [3.63, 3.8) is 0 Å². The molecule has 0 saturated carbocycles. The third-order valence-electron chi connectivity index (χ3n) is 7.92. The summed E-state index contributed by atoms with van der Waals surface area (Å²) in [5.74, 6) is -0.495. The molecule has 228 valence electrons. The minimum Gasteiger partial charge on any atom is -0.459 e. The molecule has 2 N–H and O–H groups in total. The smallest absolute Gasteiger partial charge is 0.323 e. The summed E-state index contributed by atoms with van der Waals surface area (Å²) in [6, 6.07) is 18.3. The standard InChI is InChI=1S/C34H41N3O6/c1-22-29(20-37-17-7-11-28(37)32(40)43-34(2,3)4)41-33(42-30(22)24-14-12-23(21-38)13-15-24)25-8-5-10-27(18-25)36-31(39)26-9-6-16-35-19-26/h5-6,8-10,12-16,18-19,22,28-30,33,38H,7,11,17,20-21H2,1-4H3,(H,36,39)/t22-,28+,29+,30+,33+/m1/s1. The minimum absolute atomic E-state index is 0.0334. The number of hydrogen-bond donors (Lipinski definition) is 2. The number of nitrogens with one attached hydrogen (secondary N) is 1. The quantitative estimate of drug-likeness (QED) is 0.336. The van der Waals surface area contributed by atoms with Crippen molar-refractivity contribution in [2.45, 2.75) is 77.3 Å². The van der Waals surface area contributed by atoms with Crippen molar-refractivity contribution >= 4 is 17.6 Å². The number of carbonyl (C=O) groups is 2. The van der Waals surface area contributed by atoms with Gasteiger partial charge in [0.25, 0.3) is 5.91 Å². The maximum absolute atomic E-state index is 13.1. The number of aliphatic hydroxyl groups is 1. The fourth-order valence-electron chi connectivity index (χ4n) is 5.70. The first-order valence-corrected chi connectivity index (χ1v) is 14.9. The van der Waals surface area contributed by atoms with Crippen LogP contribution in [0.3, 0.4) is 0 Å². The number of ether oxygens (including phenoxy) is 3. The van der Waals surface area contributed by atoms with Gasteiger partial charge in [0.1, 0.15) is 11.6 Å². The molecule has 5 atom stereocenters. The molecular weight excluding hydrogens is 546 g/mol. The SMILES string of the molecule is C[C@@H]1[C@H](CN2CCC[C@H]2C(=O)OC(C)(C)C)O[C@H](c2cccc(NC(=O)c3cccnc3)c2)O[C@@H]1c1ccc(CO)cc1. The van der Waals surface area contributed by atoms with E-state index in [2.05, 4.69) is 22.1 Å². The molecule has 3 heterocycles. The van der Waals surface area contributed by atoms with E-state index in [1.54, 1.807) is 18.3 Å². The number of benzene rings is 2. The number of hydrogen-bond acceptors (Lipinski definition) is 8. The monoisotopic (exact) mass is 587 g/mol. The third kappa shape index (κ3) is 7.67. The van der Waals surface area contributed by atoms with Gasteiger partial charge < -0.3 is 24.6 Å². The lowest BCUT2D eigenvalue weighted by Gasteiger charge is -2.43. The number of amides is 1. The van der Waals surface area contributed by atoms with E-state index in [0.29, 0.717) is 17.8 Å². The van der Waals surface area contributed by atoms with E-state index in [0.717, 1.165) is 36.1 Å². The van der Waals surface area contributed by atoms with Crippen molar-refractivity contribution in [2.75, 3.05) is 18.4 Å². The lowest BCUT2D eigenvalue weighted by molar-refractivity contribution is -0.276. The van der Waals surface area contributed by atoms with Gasteiger partial charge in [0.15, 0.2) is 6.29 Å². The summed E-state index contributed by atoms with van der Waals surface area (Å²) in [6.45, 7) is 9.07. The molecular formula is C34H41N3O6. The molecule has 0 unspecified atom stereocenters. The first kappa shape index (κ1) is 30.8. The van der Waals surface area contributed by atoms with Crippen molar-refractivity contribution in [1.29, 1.82) is 0 Å². The summed E-state index contributed by atoms with van der Waals surface area (Å²) >= 11 is 0. The van der Waals surface area contributed by atoms with Crippen LogP contribution in [0.2, 0.25) is 0 Å². The minimum atomic E-state index is -0.707. The van der Waals surface area contributed by atoms with E-state index < -0.39 is 11.9 Å². The first-order valence-electron chi connectivity index (χ1n) is 14.9. The third-order valence-corrected chi connectivity index (χ3v) is 7.92. The average Bonchev–Trinajstić information content (AvgIpc) is 3.46. The highest BCUT2D eigenvalue weighted by molar-refractivity contribution is 6.04. The van der Waals surface area contributed by atoms with E-state index in [9.17, 15) is 14.7 Å². The zero-order valence-electron chi connectivity index (χ0n) is 25.2. The second-order valence-electron chi connectivity index (χ2n) is 12.3. The van der Waals surface area contributed by atoms with Crippen LogP contribution in [0, 0.1) is 5.92 Å². The highest BCUT2D eigenvalue weighted by atomic mass is 16.7. The van der Waals surface area contributed by atoms with Gasteiger partial charge in [0.2, 0.25) is 0 Å². The van der Waals surface area contributed by atoms with Gasteiger partial charge in [0.05, 0.1) is 24.4 Å². The number of esters is 1. The maximum Gasteiger partial charge on any atom is 0.323 e. The lowest BCUT2D eigenvalue weighted by Crippen LogP contribution is -2.48. The first-order chi connectivity index (χ1) is 20.6. The van der Waals surface area contributed by atoms with E-state index in [1.807, 2.05) is 69.3 Å². The fraction of sp³-hybridized carbons (Fsp3) is 0.441. The Balaban J connectivity index is 1.39. The number of aromatic nitrogens is 1. The highest BCUT2D eigenvalue weighted by Crippen LogP contribution is 2.42. The van der Waals surface area contributed by atoms with E-state index in [-0.39, 0.29) is 42.7 Å². The predicted molar refractivity (Wildman–Crippen MR) is 162 cm³/mol. The molecule has 2 aromatic carbocycles. The average molecular weight is 588 g/mol. The fourth-order valence-corrected chi connectivity index (χ4v) is 5.70. The number of rotatable bonds is 8. The van der Waals surface area contributed by atoms with Gasteiger partial charge in [-0.15, -0.1) is 0 Å². The highest BCUT2D eigenvalue weighted by Gasteiger charge is 2.42. The zero-order chi connectivity index (χ0) is 30.6. The molecule has 2 saturated heterocycles. The summed E-state index contributed by atoms with van der Waals surface area (Å²) < 4.78 is 19.0. The van der Waals surface area contributed by atoms with Gasteiger partial charge in [-0.25, -0.2) is 0 Å². The van der Waals surface area contributed by atoms with Crippen molar-refractivity contribution < 1.29 is 28.9 Å². The van der Waals surface area contributed by atoms with Crippen molar-refractivity contribution in [3.05, 3.63) is 95.3 Å². The molecule has 0 radical (unpaired) electrons. The Labute approximate surface area is 253 Å². The second-order valence-corrected chi connectivity index (χ2v) is 12.3. The normalized spacial score (nSPS) is 24.4. The second kappa shape index (κ2) is 13.3. The van der Waals surface area contributed by atoms with Crippen LogP contribution in [-0.4, -0.2) is 57.7 Å². The maximum atomic E-state index is 13.1. The molecule has 2 aliphatic rings. The topological polar surface area (TPSA) is 110 Å². The van der Waals surface area contributed by atoms with Gasteiger partial charge >= 0.3 is 5.97 Å². The molecule has 3 aromatic rings. The van der Waals surface area contributed by atoms with E-state index >= 15 is 0 Å². The van der Waals surface area contributed by atoms with Crippen LogP contribution in [0.5, 0.6) is 0 Å². The molecule has 43 heavy (non-hydrogen) atoms. The van der Waals surface area contributed by atoms with E-state index in [1.165, 1.54) is 6.20 Å². The van der Waals surface area contributed by atoms with Gasteiger partial charge in [-0.1, -0.05) is 43.3 Å². The Hall–Kier alpha value is -3.63. The largest absolute Gasteiger partial charge is 0.459 e. The van der Waals surface area contributed by atoms with Crippen LogP contribution >= 0.6 is 0 Å². The molecule has 9 heteroatoms. The zero-order valence-corrected chi connectivity index (χ0v) is 25.2. The Bertz CT molecular complexity index is 1390. The van der Waals surface area contributed by atoms with Crippen molar-refractivity contribution in [2.24, 2.45) is 5.92 Å². The predicted octanol–water partition coefficient (Wildman–Crippen LogP) is 5.42. The van der Waals surface area contributed by atoms with E-state index in [4.69, 9.17) is 14.2 Å². The number of pyridine rings is 1. The van der Waals surface area contributed by atoms with Crippen LogP contribution in [0.1, 0.15) is 80.0 Å². The van der Waals surface area contributed by atoms with Crippen molar-refractivity contribution in [3.8, 4) is 0 Å². The number of aliphatic hydroxyl groups excluding tert-OH is 1. The van der Waals surface area contributed by atoms with Crippen LogP contribution < -0.4 is 5.32 Å². The van der Waals surface area contributed by atoms with Crippen LogP contribution in [-0.2, 0) is 25.6 Å². The van der Waals surface area contributed by atoms with Crippen LogP contribution in [0.4, 0.5) is 5.69 Å². The molecule has 1 amide bonds. The van der Waals surface area contributed by atoms with Gasteiger partial charge in [0, 0.05) is 36.1 Å². The molecule has 1 aromatic heterocycles. The molecule has 0 bridgehead atoms. The summed E-state index contributed by atoms with van der Waals surface area (Å²) in [5, 5.41) is 12.5. The van der Waals surface area contributed by atoms with Gasteiger partial charge in [-0.05, 0) is 75.5 Å². The summed E-state index contributed by atoms with van der Waals surface area (Å²) in [5.41, 5.74) is 3.09. The number of nitrogens with zero attached hydrogens (tertiary/aromatic N) is 2. The number of anilines is 1. The van der Waals surface area contributed by atoms with Crippen LogP contribution in [0.25, 0.3) is 0 Å². The Kier molecular flexibility index (Phi) is 9.56. The molecule has 9 nitrogen and oxygen atoms in total. The number of likely N-dealkylation sites (tertiary alicyclic amines) is 1. The molecule has 0 spiro atoms. The molecule has 2 aliphatic heterocycles. The lowest BCUT2D eigenvalue weighted by atomic mass is 9.90. The summed E-state index contributed by atoms with van der Waals surface area (Å²) in [7, 11) is 0.